The van der Waals surface area contributed by atoms with E-state index in [2.05, 4.69) is 25.9 Å². The standard InChI is InChI=1S/C10H5BrClN3O3/c11-9-4-10(14-5-13-9)18-8-3-6(15(16)17)1-2-7(8)12/h1-5H. The van der Waals surface area contributed by atoms with E-state index in [1.807, 2.05) is 0 Å². The SMILES string of the molecule is O=[N+]([O-])c1ccc(Cl)c(Oc2cc(Br)ncn2)c1. The minimum Gasteiger partial charge on any atom is -0.437 e. The molecule has 0 atom stereocenters. The minimum atomic E-state index is -0.529. The summed E-state index contributed by atoms with van der Waals surface area (Å²) in [6.07, 6.45) is 1.30. The maximum atomic E-state index is 10.6. The lowest BCUT2D eigenvalue weighted by atomic mass is 10.3. The molecule has 0 N–H and O–H groups in total. The summed E-state index contributed by atoms with van der Waals surface area (Å²) < 4.78 is 5.90. The zero-order valence-corrected chi connectivity index (χ0v) is 11.1. The summed E-state index contributed by atoms with van der Waals surface area (Å²) in [4.78, 5) is 17.8. The number of nitro groups is 1. The smallest absolute Gasteiger partial charge is 0.273 e. The molecule has 1 aromatic heterocycles. The Labute approximate surface area is 115 Å². The van der Waals surface area contributed by atoms with Gasteiger partial charge in [-0.25, -0.2) is 9.97 Å². The van der Waals surface area contributed by atoms with Gasteiger partial charge in [0.1, 0.15) is 10.9 Å². The van der Waals surface area contributed by atoms with Gasteiger partial charge in [-0.15, -0.1) is 0 Å². The van der Waals surface area contributed by atoms with Gasteiger partial charge in [-0.2, -0.15) is 0 Å². The molecule has 1 heterocycles. The average Bonchev–Trinajstić information content (AvgIpc) is 2.31. The van der Waals surface area contributed by atoms with Crippen LogP contribution in [0.25, 0.3) is 0 Å². The Hall–Kier alpha value is -1.73. The third kappa shape index (κ3) is 2.93. The Balaban J connectivity index is 2.33. The van der Waals surface area contributed by atoms with Crippen molar-refractivity contribution in [2.24, 2.45) is 0 Å². The van der Waals surface area contributed by atoms with Crippen LogP contribution in [-0.2, 0) is 0 Å². The normalized spacial score (nSPS) is 10.1. The second kappa shape index (κ2) is 5.28. The summed E-state index contributed by atoms with van der Waals surface area (Å²) in [5.74, 6) is 0.399. The van der Waals surface area contributed by atoms with Gasteiger partial charge < -0.3 is 4.74 Å². The lowest BCUT2D eigenvalue weighted by molar-refractivity contribution is -0.384. The predicted molar refractivity (Wildman–Crippen MR) is 67.9 cm³/mol. The Morgan fingerprint density at radius 3 is 2.78 bits per heavy atom. The van der Waals surface area contributed by atoms with E-state index in [0.29, 0.717) is 4.60 Å². The molecular formula is C10H5BrClN3O3. The summed E-state index contributed by atoms with van der Waals surface area (Å²) in [7, 11) is 0. The molecule has 0 aliphatic rings. The van der Waals surface area contributed by atoms with Crippen molar-refractivity contribution in [2.45, 2.75) is 0 Å². The molecule has 0 saturated heterocycles. The van der Waals surface area contributed by atoms with Crippen molar-refractivity contribution in [3.8, 4) is 11.6 Å². The summed E-state index contributed by atoms with van der Waals surface area (Å²) in [6, 6.07) is 5.45. The van der Waals surface area contributed by atoms with Crippen LogP contribution in [0.15, 0.2) is 35.2 Å². The molecule has 6 nitrogen and oxygen atoms in total. The highest BCUT2D eigenvalue weighted by Gasteiger charge is 2.12. The second-order valence-corrected chi connectivity index (χ2v) is 4.37. The van der Waals surface area contributed by atoms with Crippen LogP contribution in [-0.4, -0.2) is 14.9 Å². The Bertz CT molecular complexity index is 609. The number of hydrogen-bond acceptors (Lipinski definition) is 5. The molecule has 92 valence electrons. The molecule has 0 spiro atoms. The monoisotopic (exact) mass is 329 g/mol. The molecule has 0 unspecified atom stereocenters. The van der Waals surface area contributed by atoms with Crippen LogP contribution in [0.3, 0.4) is 0 Å². The fraction of sp³-hybridized carbons (Fsp3) is 0. The van der Waals surface area contributed by atoms with Gasteiger partial charge in [0.05, 0.1) is 16.0 Å². The van der Waals surface area contributed by atoms with Crippen molar-refractivity contribution >= 4 is 33.2 Å². The Morgan fingerprint density at radius 2 is 2.11 bits per heavy atom. The molecule has 8 heteroatoms. The van der Waals surface area contributed by atoms with Gasteiger partial charge in [-0.1, -0.05) is 11.6 Å². The summed E-state index contributed by atoms with van der Waals surface area (Å²) >= 11 is 9.05. The topological polar surface area (TPSA) is 78.2 Å². The van der Waals surface area contributed by atoms with E-state index < -0.39 is 4.92 Å². The van der Waals surface area contributed by atoms with Crippen LogP contribution < -0.4 is 4.74 Å². The molecule has 0 aliphatic carbocycles. The second-order valence-electron chi connectivity index (χ2n) is 3.15. The molecular weight excluding hydrogens is 325 g/mol. The third-order valence-electron chi connectivity index (χ3n) is 1.95. The quantitative estimate of drug-likeness (QED) is 0.488. The van der Waals surface area contributed by atoms with Gasteiger partial charge in [0.25, 0.3) is 5.69 Å². The van der Waals surface area contributed by atoms with E-state index in [0.717, 1.165) is 0 Å². The van der Waals surface area contributed by atoms with E-state index in [-0.39, 0.29) is 22.3 Å². The number of ether oxygens (including phenoxy) is 1. The van der Waals surface area contributed by atoms with Gasteiger partial charge in [-0.05, 0) is 22.0 Å². The number of nitrogens with zero attached hydrogens (tertiary/aromatic N) is 3. The Morgan fingerprint density at radius 1 is 1.33 bits per heavy atom. The van der Waals surface area contributed by atoms with Gasteiger partial charge in [0, 0.05) is 12.1 Å². The molecule has 0 saturated carbocycles. The van der Waals surface area contributed by atoms with Gasteiger partial charge in [-0.3, -0.25) is 10.1 Å². The van der Waals surface area contributed by atoms with Crippen LogP contribution in [0.4, 0.5) is 5.69 Å². The number of aromatic nitrogens is 2. The fourth-order valence-electron chi connectivity index (χ4n) is 1.17. The van der Waals surface area contributed by atoms with Gasteiger partial charge in [0.15, 0.2) is 5.75 Å². The van der Waals surface area contributed by atoms with Crippen molar-refractivity contribution in [3.05, 3.63) is 50.3 Å². The molecule has 0 aliphatic heterocycles. The van der Waals surface area contributed by atoms with E-state index in [4.69, 9.17) is 16.3 Å². The largest absolute Gasteiger partial charge is 0.437 e. The van der Waals surface area contributed by atoms with Crippen LogP contribution in [0.2, 0.25) is 5.02 Å². The summed E-state index contributed by atoms with van der Waals surface area (Å²) in [5.41, 5.74) is -0.109. The molecule has 0 fully saturated rings. The molecule has 18 heavy (non-hydrogen) atoms. The minimum absolute atomic E-state index is 0.109. The van der Waals surface area contributed by atoms with Crippen molar-refractivity contribution in [2.75, 3.05) is 0 Å². The summed E-state index contributed by atoms with van der Waals surface area (Å²) in [6.45, 7) is 0. The molecule has 0 amide bonds. The van der Waals surface area contributed by atoms with E-state index in [9.17, 15) is 10.1 Å². The van der Waals surface area contributed by atoms with Gasteiger partial charge in [0.2, 0.25) is 5.88 Å². The fourth-order valence-corrected chi connectivity index (χ4v) is 1.61. The molecule has 2 aromatic rings. The first-order valence-electron chi connectivity index (χ1n) is 4.65. The first-order chi connectivity index (χ1) is 8.56. The van der Waals surface area contributed by atoms with Crippen molar-refractivity contribution in [1.29, 1.82) is 0 Å². The lowest BCUT2D eigenvalue weighted by Gasteiger charge is -2.06. The molecule has 2 rings (SSSR count). The molecule has 0 radical (unpaired) electrons. The number of halogens is 2. The van der Waals surface area contributed by atoms with E-state index >= 15 is 0 Å². The van der Waals surface area contributed by atoms with Crippen LogP contribution >= 0.6 is 27.5 Å². The number of rotatable bonds is 3. The first kappa shape index (κ1) is 12.7. The van der Waals surface area contributed by atoms with Crippen molar-refractivity contribution in [3.63, 3.8) is 0 Å². The number of benzene rings is 1. The van der Waals surface area contributed by atoms with Crippen molar-refractivity contribution < 1.29 is 9.66 Å². The van der Waals surface area contributed by atoms with Crippen LogP contribution in [0.1, 0.15) is 0 Å². The maximum absolute atomic E-state index is 10.6. The first-order valence-corrected chi connectivity index (χ1v) is 5.82. The maximum Gasteiger partial charge on any atom is 0.273 e. The Kier molecular flexibility index (Phi) is 3.73. The lowest BCUT2D eigenvalue weighted by Crippen LogP contribution is -1.92. The number of non-ortho nitro benzene ring substituents is 1. The van der Waals surface area contributed by atoms with Crippen LogP contribution in [0, 0.1) is 10.1 Å². The highest BCUT2D eigenvalue weighted by atomic mass is 79.9. The van der Waals surface area contributed by atoms with Crippen molar-refractivity contribution in [1.82, 2.24) is 9.97 Å². The average molecular weight is 331 g/mol. The third-order valence-corrected chi connectivity index (χ3v) is 2.69. The highest BCUT2D eigenvalue weighted by molar-refractivity contribution is 9.10. The molecule has 1 aromatic carbocycles. The zero-order chi connectivity index (χ0) is 13.1. The van der Waals surface area contributed by atoms with Crippen LogP contribution in [0.5, 0.6) is 11.6 Å². The number of nitro benzene ring substituents is 1. The predicted octanol–water partition coefficient (Wildman–Crippen LogP) is 3.59. The number of hydrogen-bond donors (Lipinski definition) is 0. The van der Waals surface area contributed by atoms with E-state index in [1.165, 1.54) is 30.6 Å². The summed E-state index contributed by atoms with van der Waals surface area (Å²) in [5, 5.41) is 10.9. The molecule has 0 bridgehead atoms. The highest BCUT2D eigenvalue weighted by Crippen LogP contribution is 2.32. The van der Waals surface area contributed by atoms with E-state index in [1.54, 1.807) is 0 Å². The zero-order valence-electron chi connectivity index (χ0n) is 8.71. The van der Waals surface area contributed by atoms with Gasteiger partial charge >= 0.3 is 0 Å².